The van der Waals surface area contributed by atoms with Crippen molar-refractivity contribution in [3.8, 4) is 0 Å². The summed E-state index contributed by atoms with van der Waals surface area (Å²) in [5, 5.41) is -1.09. The van der Waals surface area contributed by atoms with E-state index in [1.54, 1.807) is 35.2 Å². The molecular weight excluding hydrogens is 362 g/mol. The summed E-state index contributed by atoms with van der Waals surface area (Å²) in [6, 6.07) is 17.8. The molecule has 2 aromatic rings. The van der Waals surface area contributed by atoms with Gasteiger partial charge in [-0.2, -0.15) is 0 Å². The van der Waals surface area contributed by atoms with Gasteiger partial charge in [0.05, 0.1) is 17.5 Å². The number of rotatable bonds is 4. The third-order valence-electron chi connectivity index (χ3n) is 5.60. The van der Waals surface area contributed by atoms with Gasteiger partial charge in [-0.3, -0.25) is 4.79 Å². The van der Waals surface area contributed by atoms with Crippen molar-refractivity contribution in [2.24, 2.45) is 5.92 Å². The number of carbonyl (C=O) groups excluding carboxylic acids is 1. The molecule has 6 heteroatoms. The molecule has 5 nitrogen and oxygen atoms in total. The number of fused-ring (bicyclic) bond motifs is 1. The number of carbonyl (C=O) groups is 1. The van der Waals surface area contributed by atoms with Gasteiger partial charge in [-0.25, -0.2) is 8.42 Å². The van der Waals surface area contributed by atoms with Gasteiger partial charge in [0.25, 0.3) is 0 Å². The van der Waals surface area contributed by atoms with E-state index in [2.05, 4.69) is 0 Å². The lowest BCUT2D eigenvalue weighted by Crippen LogP contribution is -2.46. The largest absolute Gasteiger partial charge is 0.354 e. The first kappa shape index (κ1) is 18.2. The van der Waals surface area contributed by atoms with Crippen molar-refractivity contribution in [3.63, 3.8) is 0 Å². The van der Waals surface area contributed by atoms with Crippen LogP contribution in [0.1, 0.15) is 19.4 Å². The van der Waals surface area contributed by atoms with Crippen LogP contribution in [0.5, 0.6) is 0 Å². The van der Waals surface area contributed by atoms with Gasteiger partial charge in [0.1, 0.15) is 11.0 Å². The summed E-state index contributed by atoms with van der Waals surface area (Å²) in [7, 11) is -3.80. The van der Waals surface area contributed by atoms with Gasteiger partial charge >= 0.3 is 0 Å². The summed E-state index contributed by atoms with van der Waals surface area (Å²) < 4.78 is 32.6. The minimum Gasteiger partial charge on any atom is -0.354 e. The third kappa shape index (κ3) is 2.97. The van der Waals surface area contributed by atoms with Gasteiger partial charge in [-0.05, 0) is 38.0 Å². The Balaban J connectivity index is 1.79. The quantitative estimate of drug-likeness (QED) is 0.812. The number of benzene rings is 2. The highest BCUT2D eigenvalue weighted by molar-refractivity contribution is 7.92. The SMILES string of the molecule is CC1(C)OC[C@@H]2[C@@H](Cc3ccccc3)[C@H](S(=O)(=O)c3ccccc3)C(=O)N21. The Bertz CT molecular complexity index is 941. The van der Waals surface area contributed by atoms with Crippen LogP contribution < -0.4 is 0 Å². The van der Waals surface area contributed by atoms with E-state index >= 15 is 0 Å². The summed E-state index contributed by atoms with van der Waals surface area (Å²) in [6.07, 6.45) is 0.518. The van der Waals surface area contributed by atoms with Crippen LogP contribution >= 0.6 is 0 Å². The summed E-state index contributed by atoms with van der Waals surface area (Å²) in [5.41, 5.74) is 0.229. The summed E-state index contributed by atoms with van der Waals surface area (Å²) >= 11 is 0. The lowest BCUT2D eigenvalue weighted by atomic mass is 9.92. The molecule has 0 unspecified atom stereocenters. The molecule has 142 valence electrons. The molecule has 2 aliphatic heterocycles. The van der Waals surface area contributed by atoms with Crippen molar-refractivity contribution in [2.45, 2.75) is 42.2 Å². The Morgan fingerprint density at radius 1 is 1.04 bits per heavy atom. The highest BCUT2D eigenvalue weighted by Gasteiger charge is 2.60. The maximum atomic E-state index is 13.4. The molecule has 2 aromatic carbocycles. The summed E-state index contributed by atoms with van der Waals surface area (Å²) in [4.78, 5) is 15.1. The summed E-state index contributed by atoms with van der Waals surface area (Å²) in [6.45, 7) is 4.00. The van der Waals surface area contributed by atoms with Crippen molar-refractivity contribution < 1.29 is 17.9 Å². The van der Waals surface area contributed by atoms with Crippen LogP contribution in [-0.4, -0.2) is 42.8 Å². The van der Waals surface area contributed by atoms with Crippen LogP contribution in [0.15, 0.2) is 65.6 Å². The molecule has 3 atom stereocenters. The standard InChI is InChI=1S/C21H23NO4S/c1-21(2)22-18(14-26-21)17(13-15-9-5-3-6-10-15)19(20(22)23)27(24,25)16-11-7-4-8-12-16/h3-12,17-19H,13-14H2,1-2H3/t17-,18-,19+/m1/s1. The predicted molar refractivity (Wildman–Crippen MR) is 102 cm³/mol. The second kappa shape index (κ2) is 6.46. The molecule has 2 saturated heterocycles. The Hall–Kier alpha value is -2.18. The minimum absolute atomic E-state index is 0.196. The van der Waals surface area contributed by atoms with E-state index in [-0.39, 0.29) is 22.8 Å². The van der Waals surface area contributed by atoms with Gasteiger partial charge in [0, 0.05) is 5.92 Å². The lowest BCUT2D eigenvalue weighted by Gasteiger charge is -2.29. The first-order valence-corrected chi connectivity index (χ1v) is 10.7. The van der Waals surface area contributed by atoms with E-state index < -0.39 is 20.8 Å². The molecule has 0 N–H and O–H groups in total. The van der Waals surface area contributed by atoms with Gasteiger partial charge in [0.15, 0.2) is 9.84 Å². The second-order valence-corrected chi connectivity index (χ2v) is 9.73. The first-order valence-electron chi connectivity index (χ1n) is 9.12. The molecule has 0 aliphatic carbocycles. The molecule has 0 saturated carbocycles. The molecule has 1 amide bonds. The molecule has 2 aliphatic rings. The van der Waals surface area contributed by atoms with Crippen molar-refractivity contribution in [1.82, 2.24) is 4.90 Å². The van der Waals surface area contributed by atoms with Crippen molar-refractivity contribution in [3.05, 3.63) is 66.2 Å². The Morgan fingerprint density at radius 2 is 1.63 bits per heavy atom. The van der Waals surface area contributed by atoms with Gasteiger partial charge in [0.2, 0.25) is 5.91 Å². The Kier molecular flexibility index (Phi) is 4.35. The highest BCUT2D eigenvalue weighted by atomic mass is 32.2. The zero-order chi connectivity index (χ0) is 19.2. The van der Waals surface area contributed by atoms with Crippen molar-refractivity contribution in [2.75, 3.05) is 6.61 Å². The topological polar surface area (TPSA) is 63.7 Å². The average molecular weight is 385 g/mol. The molecule has 4 rings (SSSR count). The van der Waals surface area contributed by atoms with E-state index in [9.17, 15) is 13.2 Å². The fourth-order valence-electron chi connectivity index (χ4n) is 4.35. The first-order chi connectivity index (χ1) is 12.8. The number of ether oxygens (including phenoxy) is 1. The number of hydrogen-bond donors (Lipinski definition) is 0. The second-order valence-electron chi connectivity index (χ2n) is 7.67. The monoisotopic (exact) mass is 385 g/mol. The van der Waals surface area contributed by atoms with Crippen molar-refractivity contribution in [1.29, 1.82) is 0 Å². The molecule has 0 aromatic heterocycles. The number of nitrogens with zero attached hydrogens (tertiary/aromatic N) is 1. The van der Waals surface area contributed by atoms with E-state index in [1.807, 2.05) is 44.2 Å². The van der Waals surface area contributed by atoms with Gasteiger partial charge in [-0.15, -0.1) is 0 Å². The van der Waals surface area contributed by atoms with Crippen LogP contribution in [0.3, 0.4) is 0 Å². The minimum atomic E-state index is -3.80. The fraction of sp³-hybridized carbons (Fsp3) is 0.381. The number of hydrogen-bond acceptors (Lipinski definition) is 4. The molecule has 27 heavy (non-hydrogen) atoms. The lowest BCUT2D eigenvalue weighted by molar-refractivity contribution is -0.141. The molecule has 0 bridgehead atoms. The Labute approximate surface area is 159 Å². The zero-order valence-corrected chi connectivity index (χ0v) is 16.2. The smallest absolute Gasteiger partial charge is 0.244 e. The Morgan fingerprint density at radius 3 is 2.26 bits per heavy atom. The van der Waals surface area contributed by atoms with Crippen LogP contribution in [0.4, 0.5) is 0 Å². The van der Waals surface area contributed by atoms with Crippen LogP contribution in [0, 0.1) is 5.92 Å². The van der Waals surface area contributed by atoms with E-state index in [1.165, 1.54) is 0 Å². The molecule has 0 radical (unpaired) electrons. The van der Waals surface area contributed by atoms with Gasteiger partial charge in [-0.1, -0.05) is 48.5 Å². The van der Waals surface area contributed by atoms with Crippen LogP contribution in [-0.2, 0) is 25.8 Å². The zero-order valence-electron chi connectivity index (χ0n) is 15.4. The fourth-order valence-corrected chi connectivity index (χ4v) is 6.29. The van der Waals surface area contributed by atoms with Crippen molar-refractivity contribution >= 4 is 15.7 Å². The molecule has 0 spiro atoms. The third-order valence-corrected chi connectivity index (χ3v) is 7.75. The van der Waals surface area contributed by atoms with Crippen LogP contribution in [0.2, 0.25) is 0 Å². The van der Waals surface area contributed by atoms with E-state index in [0.717, 1.165) is 5.56 Å². The molecule has 2 fully saturated rings. The highest BCUT2D eigenvalue weighted by Crippen LogP contribution is 2.43. The number of sulfone groups is 1. The van der Waals surface area contributed by atoms with E-state index in [0.29, 0.717) is 13.0 Å². The normalized spacial score (nSPS) is 27.0. The van der Waals surface area contributed by atoms with Crippen LogP contribution in [0.25, 0.3) is 0 Å². The maximum absolute atomic E-state index is 13.4. The maximum Gasteiger partial charge on any atom is 0.244 e. The molecule has 2 heterocycles. The average Bonchev–Trinajstić information content (AvgIpc) is 3.12. The predicted octanol–water partition coefficient (Wildman–Crippen LogP) is 2.66. The van der Waals surface area contributed by atoms with E-state index in [4.69, 9.17) is 4.74 Å². The van der Waals surface area contributed by atoms with Gasteiger partial charge < -0.3 is 9.64 Å². The summed E-state index contributed by atoms with van der Waals surface area (Å²) in [5.74, 6) is -0.709. The number of amides is 1. The molecular formula is C21H23NO4S.